The largest absolute Gasteiger partial charge is 0.477 e. The SMILES string of the molecule is O=C(O)c1c(Oc2ccccc2)[nH]c2ccccc12. The van der Waals surface area contributed by atoms with Crippen LogP contribution in [0.4, 0.5) is 0 Å². The van der Waals surface area contributed by atoms with Crippen LogP contribution in [0, 0.1) is 0 Å². The Hall–Kier alpha value is -2.75. The Morgan fingerprint density at radius 1 is 1.00 bits per heavy atom. The van der Waals surface area contributed by atoms with Gasteiger partial charge < -0.3 is 14.8 Å². The lowest BCUT2D eigenvalue weighted by Crippen LogP contribution is -1.98. The number of hydrogen-bond acceptors (Lipinski definition) is 2. The van der Waals surface area contributed by atoms with Crippen LogP contribution in [0.1, 0.15) is 10.4 Å². The molecule has 4 nitrogen and oxygen atoms in total. The molecule has 3 aromatic rings. The summed E-state index contributed by atoms with van der Waals surface area (Å²) in [5, 5.41) is 9.97. The molecule has 0 unspecified atom stereocenters. The summed E-state index contributed by atoms with van der Waals surface area (Å²) in [6, 6.07) is 16.3. The third kappa shape index (κ3) is 2.04. The highest BCUT2D eigenvalue weighted by Gasteiger charge is 2.19. The van der Waals surface area contributed by atoms with Gasteiger partial charge in [-0.2, -0.15) is 0 Å². The summed E-state index contributed by atoms with van der Waals surface area (Å²) in [5.41, 5.74) is 0.894. The van der Waals surface area contributed by atoms with Crippen LogP contribution in [0.5, 0.6) is 11.6 Å². The van der Waals surface area contributed by atoms with Gasteiger partial charge in [-0.15, -0.1) is 0 Å². The van der Waals surface area contributed by atoms with Gasteiger partial charge >= 0.3 is 5.97 Å². The zero-order valence-electron chi connectivity index (χ0n) is 9.96. The summed E-state index contributed by atoms with van der Waals surface area (Å²) < 4.78 is 5.62. The molecule has 1 heterocycles. The van der Waals surface area contributed by atoms with Gasteiger partial charge in [0.1, 0.15) is 11.3 Å². The molecule has 2 N–H and O–H groups in total. The minimum Gasteiger partial charge on any atom is -0.477 e. The molecule has 0 amide bonds. The number of aromatic amines is 1. The van der Waals surface area contributed by atoms with Crippen molar-refractivity contribution in [3.8, 4) is 11.6 Å². The molecule has 2 aromatic carbocycles. The fraction of sp³-hybridized carbons (Fsp3) is 0. The molecule has 1 aromatic heterocycles. The molecule has 0 aliphatic rings. The van der Waals surface area contributed by atoms with E-state index in [9.17, 15) is 9.90 Å². The highest BCUT2D eigenvalue weighted by Crippen LogP contribution is 2.31. The van der Waals surface area contributed by atoms with Gasteiger partial charge in [0, 0.05) is 10.9 Å². The Bertz CT molecular complexity index is 731. The van der Waals surface area contributed by atoms with Crippen LogP contribution in [0.3, 0.4) is 0 Å². The van der Waals surface area contributed by atoms with Crippen LogP contribution in [-0.4, -0.2) is 16.1 Å². The van der Waals surface area contributed by atoms with Crippen molar-refractivity contribution < 1.29 is 14.6 Å². The lowest BCUT2D eigenvalue weighted by molar-refractivity contribution is 0.0696. The molecule has 0 spiro atoms. The van der Waals surface area contributed by atoms with E-state index >= 15 is 0 Å². The van der Waals surface area contributed by atoms with Crippen LogP contribution in [0.25, 0.3) is 10.9 Å². The molecule has 0 aliphatic carbocycles. The predicted octanol–water partition coefficient (Wildman–Crippen LogP) is 3.66. The highest BCUT2D eigenvalue weighted by atomic mass is 16.5. The van der Waals surface area contributed by atoms with Crippen molar-refractivity contribution in [1.82, 2.24) is 4.98 Å². The van der Waals surface area contributed by atoms with E-state index in [2.05, 4.69) is 4.98 Å². The van der Waals surface area contributed by atoms with Gasteiger partial charge in [-0.25, -0.2) is 4.79 Å². The monoisotopic (exact) mass is 253 g/mol. The van der Waals surface area contributed by atoms with Gasteiger partial charge in [0.2, 0.25) is 5.88 Å². The Labute approximate surface area is 109 Å². The number of carboxylic acids is 1. The molecule has 19 heavy (non-hydrogen) atoms. The zero-order chi connectivity index (χ0) is 13.2. The quantitative estimate of drug-likeness (QED) is 0.748. The molecule has 3 rings (SSSR count). The number of aromatic nitrogens is 1. The van der Waals surface area contributed by atoms with Gasteiger partial charge in [-0.05, 0) is 18.2 Å². The standard InChI is InChI=1S/C15H11NO3/c17-15(18)13-11-8-4-5-9-12(11)16-14(13)19-10-6-2-1-3-7-10/h1-9,16H,(H,17,18). The van der Waals surface area contributed by atoms with E-state index in [0.29, 0.717) is 11.1 Å². The van der Waals surface area contributed by atoms with Gasteiger partial charge in [-0.1, -0.05) is 36.4 Å². The second-order valence-electron chi connectivity index (χ2n) is 4.09. The summed E-state index contributed by atoms with van der Waals surface area (Å²) in [4.78, 5) is 14.4. The summed E-state index contributed by atoms with van der Waals surface area (Å²) in [6.45, 7) is 0. The normalized spacial score (nSPS) is 10.5. The van der Waals surface area contributed by atoms with Crippen LogP contribution >= 0.6 is 0 Å². The maximum Gasteiger partial charge on any atom is 0.341 e. The first-order chi connectivity index (χ1) is 9.25. The highest BCUT2D eigenvalue weighted by molar-refractivity contribution is 6.06. The minimum atomic E-state index is -1.01. The van der Waals surface area contributed by atoms with Crippen molar-refractivity contribution in [1.29, 1.82) is 0 Å². The molecule has 0 saturated carbocycles. The molecule has 0 saturated heterocycles. The van der Waals surface area contributed by atoms with E-state index in [0.717, 1.165) is 5.52 Å². The first kappa shape index (κ1) is 11.3. The number of H-pyrrole nitrogens is 1. The Morgan fingerprint density at radius 2 is 1.68 bits per heavy atom. The van der Waals surface area contributed by atoms with Crippen molar-refractivity contribution in [3.05, 3.63) is 60.2 Å². The summed E-state index contributed by atoms with van der Waals surface area (Å²) in [7, 11) is 0. The molecule has 0 atom stereocenters. The van der Waals surface area contributed by atoms with Gasteiger partial charge in [0.05, 0.1) is 0 Å². The number of carboxylic acid groups (broad SMARTS) is 1. The van der Waals surface area contributed by atoms with E-state index in [4.69, 9.17) is 4.74 Å². The molecular weight excluding hydrogens is 242 g/mol. The number of benzene rings is 2. The lowest BCUT2D eigenvalue weighted by Gasteiger charge is -2.03. The first-order valence-corrected chi connectivity index (χ1v) is 5.82. The van der Waals surface area contributed by atoms with E-state index < -0.39 is 5.97 Å². The second-order valence-corrected chi connectivity index (χ2v) is 4.09. The van der Waals surface area contributed by atoms with Crippen molar-refractivity contribution in [3.63, 3.8) is 0 Å². The number of hydrogen-bond donors (Lipinski definition) is 2. The van der Waals surface area contributed by atoms with E-state index in [1.807, 2.05) is 30.3 Å². The third-order valence-corrected chi connectivity index (χ3v) is 2.85. The van der Waals surface area contributed by atoms with Crippen LogP contribution in [0.2, 0.25) is 0 Å². The Kier molecular flexibility index (Phi) is 2.68. The third-order valence-electron chi connectivity index (χ3n) is 2.85. The van der Waals surface area contributed by atoms with Crippen molar-refractivity contribution >= 4 is 16.9 Å². The number of nitrogens with one attached hydrogen (secondary N) is 1. The number of carbonyl (C=O) groups is 1. The molecule has 0 fully saturated rings. The Morgan fingerprint density at radius 3 is 2.42 bits per heavy atom. The van der Waals surface area contributed by atoms with Crippen molar-refractivity contribution in [2.24, 2.45) is 0 Å². The van der Waals surface area contributed by atoms with Crippen LogP contribution in [-0.2, 0) is 0 Å². The number of aromatic carboxylic acids is 1. The molecule has 0 radical (unpaired) electrons. The molecule has 4 heteroatoms. The smallest absolute Gasteiger partial charge is 0.341 e. The van der Waals surface area contributed by atoms with Crippen LogP contribution in [0.15, 0.2) is 54.6 Å². The predicted molar refractivity (Wildman–Crippen MR) is 71.8 cm³/mol. The van der Waals surface area contributed by atoms with E-state index in [-0.39, 0.29) is 11.4 Å². The van der Waals surface area contributed by atoms with Crippen molar-refractivity contribution in [2.75, 3.05) is 0 Å². The van der Waals surface area contributed by atoms with E-state index in [1.165, 1.54) is 0 Å². The summed E-state index contributed by atoms with van der Waals surface area (Å²) in [6.07, 6.45) is 0. The van der Waals surface area contributed by atoms with E-state index in [1.54, 1.807) is 24.3 Å². The summed E-state index contributed by atoms with van der Waals surface area (Å²) >= 11 is 0. The molecule has 0 bridgehead atoms. The van der Waals surface area contributed by atoms with Gasteiger partial charge in [0.25, 0.3) is 0 Å². The average molecular weight is 253 g/mol. The number of ether oxygens (including phenoxy) is 1. The van der Waals surface area contributed by atoms with Crippen molar-refractivity contribution in [2.45, 2.75) is 0 Å². The van der Waals surface area contributed by atoms with Crippen LogP contribution < -0.4 is 4.74 Å². The Balaban J connectivity index is 2.13. The topological polar surface area (TPSA) is 62.3 Å². The molecule has 0 aliphatic heterocycles. The molecular formula is C15H11NO3. The fourth-order valence-electron chi connectivity index (χ4n) is 2.01. The average Bonchev–Trinajstić information content (AvgIpc) is 2.77. The molecule has 94 valence electrons. The summed E-state index contributed by atoms with van der Waals surface area (Å²) in [5.74, 6) is -0.167. The number of para-hydroxylation sites is 2. The fourth-order valence-corrected chi connectivity index (χ4v) is 2.01. The lowest BCUT2D eigenvalue weighted by atomic mass is 10.2. The number of fused-ring (bicyclic) bond motifs is 1. The maximum absolute atomic E-state index is 11.4. The number of rotatable bonds is 3. The first-order valence-electron chi connectivity index (χ1n) is 5.82. The maximum atomic E-state index is 11.4. The van der Waals surface area contributed by atoms with Gasteiger partial charge in [0.15, 0.2) is 0 Å². The van der Waals surface area contributed by atoms with Gasteiger partial charge in [-0.3, -0.25) is 0 Å². The second kappa shape index (κ2) is 4.49. The zero-order valence-corrected chi connectivity index (χ0v) is 9.96. The minimum absolute atomic E-state index is 0.152.